The maximum atomic E-state index is 12.8. The quantitative estimate of drug-likeness (QED) is 0.888. The highest BCUT2D eigenvalue weighted by atomic mass is 16.5. The molecule has 0 saturated carbocycles. The molecule has 0 aliphatic carbocycles. The van der Waals surface area contributed by atoms with Gasteiger partial charge in [-0.3, -0.25) is 9.69 Å². The number of nitrogens with two attached hydrogens (primary N) is 1. The number of piperidine rings is 1. The Balaban J connectivity index is 1.32. The number of ether oxygens (including phenoxy) is 1. The predicted molar refractivity (Wildman–Crippen MR) is 102 cm³/mol. The van der Waals surface area contributed by atoms with Gasteiger partial charge in [0.15, 0.2) is 0 Å². The SMILES string of the molecule is Nc1nccc(C2CCN(C(=O)CN3CCOc4ccccc4C3)CC2)n1. The molecule has 2 aromatic rings. The number of fused-ring (bicyclic) bond motifs is 1. The minimum atomic E-state index is 0.190. The third-order valence-electron chi connectivity index (χ3n) is 5.35. The van der Waals surface area contributed by atoms with Gasteiger partial charge in [0.05, 0.1) is 6.54 Å². The molecule has 4 rings (SSSR count). The van der Waals surface area contributed by atoms with Crippen molar-refractivity contribution in [1.82, 2.24) is 19.8 Å². The molecule has 2 aliphatic heterocycles. The molecule has 1 fully saturated rings. The first kappa shape index (κ1) is 17.7. The molecule has 2 aliphatic rings. The van der Waals surface area contributed by atoms with Gasteiger partial charge in [0.1, 0.15) is 12.4 Å². The van der Waals surface area contributed by atoms with Crippen LogP contribution in [-0.4, -0.2) is 58.5 Å². The van der Waals surface area contributed by atoms with E-state index in [-0.39, 0.29) is 5.91 Å². The average molecular weight is 367 g/mol. The number of para-hydroxylation sites is 1. The van der Waals surface area contributed by atoms with Crippen molar-refractivity contribution >= 4 is 11.9 Å². The number of carbonyl (C=O) groups excluding carboxylic acids is 1. The molecule has 7 heteroatoms. The Morgan fingerprint density at radius 3 is 2.81 bits per heavy atom. The molecular formula is C20H25N5O2. The molecule has 27 heavy (non-hydrogen) atoms. The lowest BCUT2D eigenvalue weighted by atomic mass is 9.93. The van der Waals surface area contributed by atoms with Gasteiger partial charge in [0, 0.05) is 49.6 Å². The van der Waals surface area contributed by atoms with E-state index in [1.165, 1.54) is 0 Å². The Labute approximate surface area is 159 Å². The van der Waals surface area contributed by atoms with E-state index < -0.39 is 0 Å². The molecule has 0 atom stereocenters. The van der Waals surface area contributed by atoms with Gasteiger partial charge in [0.2, 0.25) is 11.9 Å². The maximum Gasteiger partial charge on any atom is 0.236 e. The number of hydrogen-bond donors (Lipinski definition) is 1. The fourth-order valence-electron chi connectivity index (χ4n) is 3.85. The van der Waals surface area contributed by atoms with Crippen LogP contribution in [0.1, 0.15) is 30.0 Å². The van der Waals surface area contributed by atoms with Crippen LogP contribution < -0.4 is 10.5 Å². The van der Waals surface area contributed by atoms with Crippen LogP contribution in [0.15, 0.2) is 36.5 Å². The standard InChI is InChI=1S/C20H25N5O2/c21-20-22-8-5-17(23-20)15-6-9-25(10-7-15)19(26)14-24-11-12-27-18-4-2-1-3-16(18)13-24/h1-5,8,15H,6-7,9-14H2,(H2,21,22,23). The zero-order chi connectivity index (χ0) is 18.6. The fourth-order valence-corrected chi connectivity index (χ4v) is 3.85. The molecule has 1 aromatic heterocycles. The van der Waals surface area contributed by atoms with E-state index in [4.69, 9.17) is 10.5 Å². The first-order chi connectivity index (χ1) is 13.2. The second-order valence-corrected chi connectivity index (χ2v) is 7.16. The predicted octanol–water partition coefficient (Wildman–Crippen LogP) is 1.66. The molecule has 0 radical (unpaired) electrons. The highest BCUT2D eigenvalue weighted by Gasteiger charge is 2.26. The largest absolute Gasteiger partial charge is 0.492 e. The van der Waals surface area contributed by atoms with E-state index in [2.05, 4.69) is 20.9 Å². The highest BCUT2D eigenvalue weighted by molar-refractivity contribution is 5.78. The Bertz CT molecular complexity index is 804. The van der Waals surface area contributed by atoms with Crippen molar-refractivity contribution in [3.05, 3.63) is 47.8 Å². The van der Waals surface area contributed by atoms with Crippen molar-refractivity contribution in [2.45, 2.75) is 25.3 Å². The van der Waals surface area contributed by atoms with E-state index in [9.17, 15) is 4.79 Å². The molecule has 1 saturated heterocycles. The number of rotatable bonds is 3. The van der Waals surface area contributed by atoms with Gasteiger partial charge in [-0.25, -0.2) is 9.97 Å². The third-order valence-corrected chi connectivity index (χ3v) is 5.35. The van der Waals surface area contributed by atoms with E-state index in [1.807, 2.05) is 29.2 Å². The molecule has 0 unspecified atom stereocenters. The topological polar surface area (TPSA) is 84.6 Å². The Hall–Kier alpha value is -2.67. The minimum absolute atomic E-state index is 0.190. The first-order valence-corrected chi connectivity index (χ1v) is 9.48. The van der Waals surface area contributed by atoms with E-state index in [1.54, 1.807) is 6.20 Å². The van der Waals surface area contributed by atoms with Crippen LogP contribution in [0.2, 0.25) is 0 Å². The van der Waals surface area contributed by atoms with Gasteiger partial charge >= 0.3 is 0 Å². The highest BCUT2D eigenvalue weighted by Crippen LogP contribution is 2.27. The second kappa shape index (κ2) is 7.92. The summed E-state index contributed by atoms with van der Waals surface area (Å²) in [5.74, 6) is 1.78. The van der Waals surface area contributed by atoms with Crippen molar-refractivity contribution in [3.8, 4) is 5.75 Å². The van der Waals surface area contributed by atoms with Crippen LogP contribution in [0.4, 0.5) is 5.95 Å². The smallest absolute Gasteiger partial charge is 0.236 e. The number of nitrogen functional groups attached to an aromatic ring is 1. The molecule has 7 nitrogen and oxygen atoms in total. The number of anilines is 1. The fraction of sp³-hybridized carbons (Fsp3) is 0.450. The number of amides is 1. The van der Waals surface area contributed by atoms with Crippen LogP contribution in [-0.2, 0) is 11.3 Å². The summed E-state index contributed by atoms with van der Waals surface area (Å²) in [5, 5.41) is 0. The maximum absolute atomic E-state index is 12.8. The number of aromatic nitrogens is 2. The molecule has 1 amide bonds. The lowest BCUT2D eigenvalue weighted by Gasteiger charge is -2.33. The summed E-state index contributed by atoms with van der Waals surface area (Å²) in [7, 11) is 0. The minimum Gasteiger partial charge on any atom is -0.492 e. The molecule has 1 aromatic carbocycles. The molecule has 142 valence electrons. The number of benzene rings is 1. The Morgan fingerprint density at radius 2 is 2.00 bits per heavy atom. The summed E-state index contributed by atoms with van der Waals surface area (Å²) in [6.45, 7) is 4.07. The van der Waals surface area contributed by atoms with E-state index in [0.29, 0.717) is 25.0 Å². The van der Waals surface area contributed by atoms with Crippen LogP contribution in [0.25, 0.3) is 0 Å². The summed E-state index contributed by atoms with van der Waals surface area (Å²) >= 11 is 0. The summed E-state index contributed by atoms with van der Waals surface area (Å²) in [4.78, 5) is 25.2. The molecule has 0 bridgehead atoms. The van der Waals surface area contributed by atoms with Gasteiger partial charge in [-0.2, -0.15) is 0 Å². The number of likely N-dealkylation sites (tertiary alicyclic amines) is 1. The normalized spacial score (nSPS) is 18.4. The van der Waals surface area contributed by atoms with E-state index in [0.717, 1.165) is 56.0 Å². The first-order valence-electron chi connectivity index (χ1n) is 9.48. The Kier molecular flexibility index (Phi) is 5.20. The Morgan fingerprint density at radius 1 is 1.19 bits per heavy atom. The molecule has 0 spiro atoms. The number of hydrogen-bond acceptors (Lipinski definition) is 6. The van der Waals surface area contributed by atoms with Gasteiger partial charge in [-0.05, 0) is 25.0 Å². The summed E-state index contributed by atoms with van der Waals surface area (Å²) in [6, 6.07) is 9.97. The molecular weight excluding hydrogens is 342 g/mol. The van der Waals surface area contributed by atoms with Crippen LogP contribution in [0, 0.1) is 0 Å². The van der Waals surface area contributed by atoms with Crippen LogP contribution in [0.3, 0.4) is 0 Å². The average Bonchev–Trinajstić information content (AvgIpc) is 2.90. The van der Waals surface area contributed by atoms with Gasteiger partial charge in [0.25, 0.3) is 0 Å². The lowest BCUT2D eigenvalue weighted by molar-refractivity contribution is -0.133. The summed E-state index contributed by atoms with van der Waals surface area (Å²) in [5.41, 5.74) is 7.81. The summed E-state index contributed by atoms with van der Waals surface area (Å²) in [6.07, 6.45) is 3.52. The second-order valence-electron chi connectivity index (χ2n) is 7.16. The molecule has 2 N–H and O–H groups in total. The number of carbonyl (C=O) groups is 1. The zero-order valence-corrected chi connectivity index (χ0v) is 15.4. The van der Waals surface area contributed by atoms with Crippen molar-refractivity contribution in [2.24, 2.45) is 0 Å². The zero-order valence-electron chi connectivity index (χ0n) is 15.4. The van der Waals surface area contributed by atoms with Crippen molar-refractivity contribution < 1.29 is 9.53 Å². The molecule has 3 heterocycles. The van der Waals surface area contributed by atoms with Crippen molar-refractivity contribution in [1.29, 1.82) is 0 Å². The van der Waals surface area contributed by atoms with Gasteiger partial charge in [-0.15, -0.1) is 0 Å². The number of nitrogens with zero attached hydrogens (tertiary/aromatic N) is 4. The lowest BCUT2D eigenvalue weighted by Crippen LogP contribution is -2.44. The van der Waals surface area contributed by atoms with Crippen molar-refractivity contribution in [3.63, 3.8) is 0 Å². The van der Waals surface area contributed by atoms with E-state index >= 15 is 0 Å². The monoisotopic (exact) mass is 367 g/mol. The van der Waals surface area contributed by atoms with Gasteiger partial charge < -0.3 is 15.4 Å². The van der Waals surface area contributed by atoms with Crippen LogP contribution in [0.5, 0.6) is 5.75 Å². The van der Waals surface area contributed by atoms with Gasteiger partial charge in [-0.1, -0.05) is 18.2 Å². The van der Waals surface area contributed by atoms with Crippen molar-refractivity contribution in [2.75, 3.05) is 38.5 Å². The van der Waals surface area contributed by atoms with Crippen LogP contribution >= 0.6 is 0 Å². The summed E-state index contributed by atoms with van der Waals surface area (Å²) < 4.78 is 5.79. The third kappa shape index (κ3) is 4.19.